The van der Waals surface area contributed by atoms with Crippen LogP contribution in [0.1, 0.15) is 40.7 Å². The molecule has 0 spiro atoms. The van der Waals surface area contributed by atoms with Crippen molar-refractivity contribution in [2.75, 3.05) is 32.8 Å². The second kappa shape index (κ2) is 11.7. The third-order valence-corrected chi connectivity index (χ3v) is 8.86. The number of ether oxygens (including phenoxy) is 1. The van der Waals surface area contributed by atoms with Crippen LogP contribution in [0.2, 0.25) is 0 Å². The number of benzene rings is 3. The van der Waals surface area contributed by atoms with Crippen LogP contribution in [0.5, 0.6) is 5.75 Å². The summed E-state index contributed by atoms with van der Waals surface area (Å²) in [5, 5.41) is 23.4. The number of hydrogen-bond acceptors (Lipinski definition) is 6. The van der Waals surface area contributed by atoms with Crippen molar-refractivity contribution in [1.29, 1.82) is 0 Å². The molecular formula is C32H35N3O6. The minimum atomic E-state index is -1.69. The van der Waals surface area contributed by atoms with E-state index in [1.165, 1.54) is 0 Å². The quantitative estimate of drug-likeness (QED) is 0.218. The first-order chi connectivity index (χ1) is 19.8. The highest BCUT2D eigenvalue weighted by atomic mass is 16.5. The first-order valence-electron chi connectivity index (χ1n) is 14.0. The highest BCUT2D eigenvalue weighted by Gasteiger charge is 2.51. The molecule has 0 unspecified atom stereocenters. The second-order valence-electron chi connectivity index (χ2n) is 11.1. The monoisotopic (exact) mass is 557 g/mol. The normalized spacial score (nSPS) is 22.9. The molecule has 3 heterocycles. The average molecular weight is 558 g/mol. The van der Waals surface area contributed by atoms with Gasteiger partial charge in [0.25, 0.3) is 11.8 Å². The number of hydrogen-bond donors (Lipinski definition) is 3. The molecule has 0 aromatic heterocycles. The van der Waals surface area contributed by atoms with E-state index in [1.807, 2.05) is 54.6 Å². The number of nitrogens with two attached hydrogens (primary N) is 1. The van der Waals surface area contributed by atoms with Gasteiger partial charge in [0.05, 0.1) is 44.4 Å². The molecule has 9 nitrogen and oxygen atoms in total. The lowest BCUT2D eigenvalue weighted by atomic mass is 9.80. The number of carbonyl (C=O) groups is 3. The van der Waals surface area contributed by atoms with E-state index >= 15 is 0 Å². The van der Waals surface area contributed by atoms with Gasteiger partial charge in [-0.25, -0.2) is 0 Å². The first kappa shape index (κ1) is 28.3. The highest BCUT2D eigenvalue weighted by Crippen LogP contribution is 2.47. The van der Waals surface area contributed by atoms with Crippen LogP contribution in [0.15, 0.2) is 72.8 Å². The maximum absolute atomic E-state index is 13.8. The van der Waals surface area contributed by atoms with E-state index in [9.17, 15) is 14.7 Å². The zero-order valence-electron chi connectivity index (χ0n) is 22.8. The SMILES string of the molecule is NC(=O)c1ccccc1OCCC[N+]12CCC(CC1)[C@@H](NC(=O)C1(O)c3ccccc3-c3ccccc31)C2.O=C[O-]. The zero-order chi connectivity index (χ0) is 29.0. The van der Waals surface area contributed by atoms with Crippen LogP contribution in [0.4, 0.5) is 0 Å². The van der Waals surface area contributed by atoms with Crippen molar-refractivity contribution >= 4 is 18.3 Å². The number of nitrogens with one attached hydrogen (secondary N) is 1. The number of rotatable bonds is 8. The summed E-state index contributed by atoms with van der Waals surface area (Å²) >= 11 is 0. The molecule has 2 amide bonds. The maximum Gasteiger partial charge on any atom is 0.261 e. The lowest BCUT2D eigenvalue weighted by Crippen LogP contribution is -2.68. The Hall–Kier alpha value is -4.21. The molecule has 2 bridgehead atoms. The molecule has 3 aromatic carbocycles. The maximum atomic E-state index is 13.8. The molecule has 1 atom stereocenters. The largest absolute Gasteiger partial charge is 0.554 e. The van der Waals surface area contributed by atoms with Crippen molar-refractivity contribution in [2.45, 2.75) is 30.9 Å². The van der Waals surface area contributed by atoms with E-state index in [0.717, 1.165) is 61.1 Å². The predicted molar refractivity (Wildman–Crippen MR) is 150 cm³/mol. The van der Waals surface area contributed by atoms with Crippen LogP contribution >= 0.6 is 0 Å². The van der Waals surface area contributed by atoms with Crippen LogP contribution in [0, 0.1) is 5.92 Å². The minimum absolute atomic E-state index is 0.0189. The number of quaternary nitrogens is 1. The molecule has 9 heteroatoms. The summed E-state index contributed by atoms with van der Waals surface area (Å²) in [5.41, 5.74) is 7.31. The Morgan fingerprint density at radius 1 is 1.00 bits per heavy atom. The minimum Gasteiger partial charge on any atom is -0.554 e. The number of carboxylic acid groups (broad SMARTS) is 1. The van der Waals surface area contributed by atoms with Crippen LogP contribution < -0.4 is 20.9 Å². The summed E-state index contributed by atoms with van der Waals surface area (Å²) in [6.45, 7) is 3.97. The van der Waals surface area contributed by atoms with Gasteiger partial charge in [0.1, 0.15) is 5.75 Å². The molecule has 41 heavy (non-hydrogen) atoms. The summed E-state index contributed by atoms with van der Waals surface area (Å²) in [5.74, 6) is 0.118. The van der Waals surface area contributed by atoms with Crippen molar-refractivity contribution in [3.63, 3.8) is 0 Å². The van der Waals surface area contributed by atoms with E-state index in [0.29, 0.717) is 35.0 Å². The van der Waals surface area contributed by atoms with Gasteiger partial charge in [0, 0.05) is 36.9 Å². The van der Waals surface area contributed by atoms with E-state index in [4.69, 9.17) is 20.4 Å². The smallest absolute Gasteiger partial charge is 0.261 e. The van der Waals surface area contributed by atoms with E-state index in [-0.39, 0.29) is 11.9 Å². The highest BCUT2D eigenvalue weighted by molar-refractivity contribution is 5.99. The predicted octanol–water partition coefficient (Wildman–Crippen LogP) is 1.56. The van der Waals surface area contributed by atoms with Crippen molar-refractivity contribution in [1.82, 2.24) is 5.32 Å². The van der Waals surface area contributed by atoms with Gasteiger partial charge in [0.2, 0.25) is 0 Å². The number of nitrogens with zero attached hydrogens (tertiary/aromatic N) is 1. The summed E-state index contributed by atoms with van der Waals surface area (Å²) < 4.78 is 6.86. The Balaban J connectivity index is 0.00000108. The summed E-state index contributed by atoms with van der Waals surface area (Å²) in [6.07, 6.45) is 2.95. The van der Waals surface area contributed by atoms with E-state index < -0.39 is 18.0 Å². The van der Waals surface area contributed by atoms with Gasteiger partial charge < -0.3 is 35.3 Å². The molecule has 1 aliphatic carbocycles. The summed E-state index contributed by atoms with van der Waals surface area (Å²) in [6, 6.07) is 22.4. The van der Waals surface area contributed by atoms with Crippen LogP contribution in [0.25, 0.3) is 11.1 Å². The number of amides is 2. The lowest BCUT2D eigenvalue weighted by Gasteiger charge is -2.53. The van der Waals surface area contributed by atoms with E-state index in [1.54, 1.807) is 18.2 Å². The number of fused-ring (bicyclic) bond motifs is 6. The van der Waals surface area contributed by atoms with Gasteiger partial charge >= 0.3 is 0 Å². The fourth-order valence-electron chi connectivity index (χ4n) is 6.87. The fourth-order valence-corrected chi connectivity index (χ4v) is 6.87. The second-order valence-corrected chi connectivity index (χ2v) is 11.1. The van der Waals surface area contributed by atoms with Crippen LogP contribution in [-0.4, -0.2) is 66.7 Å². The van der Waals surface area contributed by atoms with Crippen molar-refractivity contribution < 1.29 is 33.8 Å². The Kier molecular flexibility index (Phi) is 8.10. The van der Waals surface area contributed by atoms with Crippen LogP contribution in [0.3, 0.4) is 0 Å². The summed E-state index contributed by atoms with van der Waals surface area (Å²) in [4.78, 5) is 33.7. The van der Waals surface area contributed by atoms with Crippen molar-refractivity contribution in [3.8, 4) is 16.9 Å². The standard InChI is InChI=1S/C31H33N3O4.CH2O2/c32-29(35)24-10-3-6-13-28(24)38-19-7-16-34-17-14-21(15-18-34)27(20-34)33-30(36)31(37)25-11-4-1-8-22(25)23-9-2-5-12-26(23)31;2-1-3/h1-6,8-13,21,27,37H,7,14-20H2,(H2-,32,33,35,36);1H,(H,2,3)/t21?,27-,34?;/m0./s1. The Bertz CT molecular complexity index is 1390. The zero-order valence-corrected chi connectivity index (χ0v) is 22.8. The van der Waals surface area contributed by atoms with Crippen molar-refractivity contribution in [2.24, 2.45) is 11.7 Å². The van der Waals surface area contributed by atoms with Crippen LogP contribution in [-0.2, 0) is 15.2 Å². The number of aliphatic hydroxyl groups is 1. The molecule has 3 aromatic rings. The molecule has 214 valence electrons. The third-order valence-electron chi connectivity index (χ3n) is 8.86. The molecule has 4 aliphatic rings. The van der Waals surface area contributed by atoms with Gasteiger partial charge in [-0.2, -0.15) is 0 Å². The molecule has 7 rings (SSSR count). The van der Waals surface area contributed by atoms with Gasteiger partial charge in [-0.1, -0.05) is 60.7 Å². The van der Waals surface area contributed by atoms with Gasteiger partial charge in [0.15, 0.2) is 5.60 Å². The Labute approximate surface area is 239 Å². The molecule has 3 saturated heterocycles. The van der Waals surface area contributed by atoms with Gasteiger partial charge in [-0.05, 0) is 29.2 Å². The Morgan fingerprint density at radius 2 is 1.56 bits per heavy atom. The first-order valence-corrected chi connectivity index (χ1v) is 14.0. The third kappa shape index (κ3) is 5.30. The number of para-hydroxylation sites is 1. The molecule has 3 fully saturated rings. The Morgan fingerprint density at radius 3 is 2.17 bits per heavy atom. The lowest BCUT2D eigenvalue weighted by molar-refractivity contribution is -0.944. The van der Waals surface area contributed by atoms with Gasteiger partial charge in [-0.3, -0.25) is 9.59 Å². The molecule has 0 saturated carbocycles. The van der Waals surface area contributed by atoms with E-state index in [2.05, 4.69) is 5.32 Å². The average Bonchev–Trinajstić information content (AvgIpc) is 3.26. The number of primary amides is 1. The molecule has 3 aliphatic heterocycles. The topological polar surface area (TPSA) is 142 Å². The van der Waals surface area contributed by atoms with Crippen molar-refractivity contribution in [3.05, 3.63) is 89.5 Å². The molecular weight excluding hydrogens is 522 g/mol. The summed E-state index contributed by atoms with van der Waals surface area (Å²) in [7, 11) is 0. The van der Waals surface area contributed by atoms with Gasteiger partial charge in [-0.15, -0.1) is 0 Å². The number of piperidine rings is 3. The number of carbonyl (C=O) groups excluding carboxylic acids is 3. The molecule has 0 radical (unpaired) electrons. The fraction of sp³-hybridized carbons (Fsp3) is 0.344. The molecule has 4 N–H and O–H groups in total.